The van der Waals surface area contributed by atoms with Crippen molar-refractivity contribution in [2.75, 3.05) is 0 Å². The zero-order valence-corrected chi connectivity index (χ0v) is 15.8. The molecule has 0 spiro atoms. The number of fused-ring (bicyclic) bond motifs is 3. The molecule has 2 fully saturated rings. The van der Waals surface area contributed by atoms with Crippen LogP contribution in [0.15, 0.2) is 23.3 Å². The Morgan fingerprint density at radius 2 is 2.00 bits per heavy atom. The minimum absolute atomic E-state index is 0.423. The topological polar surface area (TPSA) is 0 Å². The van der Waals surface area contributed by atoms with Crippen LogP contribution in [0.2, 0.25) is 0 Å². The van der Waals surface area contributed by atoms with Crippen LogP contribution in [0.5, 0.6) is 0 Å². The van der Waals surface area contributed by atoms with Crippen molar-refractivity contribution < 1.29 is 0 Å². The second kappa shape index (κ2) is 4.47. The summed E-state index contributed by atoms with van der Waals surface area (Å²) < 4.78 is 0.504. The highest BCUT2D eigenvalue weighted by atomic mass is 127. The first-order valence-corrected chi connectivity index (χ1v) is 9.24. The zero-order chi connectivity index (χ0) is 13.1. The second-order valence-corrected chi connectivity index (χ2v) is 13.2. The van der Waals surface area contributed by atoms with E-state index in [9.17, 15) is 0 Å². The van der Waals surface area contributed by atoms with Crippen molar-refractivity contribution in [3.8, 4) is 0 Å². The fourth-order valence-electron chi connectivity index (χ4n) is 4.56. The molecule has 3 unspecified atom stereocenters. The zero-order valence-electron chi connectivity index (χ0n) is 11.5. The van der Waals surface area contributed by atoms with Gasteiger partial charge in [0.05, 0.1) is 1.43 Å². The molecule has 0 amide bonds. The molecule has 2 saturated carbocycles. The van der Waals surface area contributed by atoms with Crippen molar-refractivity contribution in [1.29, 1.82) is 0 Å². The number of hydrogen-bond donors (Lipinski definition) is 0. The predicted molar refractivity (Wildman–Crippen MR) is 95.3 cm³/mol. The van der Waals surface area contributed by atoms with E-state index in [2.05, 4.69) is 78.1 Å². The van der Waals surface area contributed by atoms with E-state index in [0.29, 0.717) is 6.84 Å². The predicted octanol–water partition coefficient (Wildman–Crippen LogP) is 5.90. The van der Waals surface area contributed by atoms with Gasteiger partial charge < -0.3 is 0 Å². The van der Waals surface area contributed by atoms with Crippen LogP contribution in [-0.2, 0) is 0 Å². The largest absolute Gasteiger partial charge is 0.0810 e. The van der Waals surface area contributed by atoms with Crippen LogP contribution < -0.4 is 0 Å². The maximum absolute atomic E-state index is 2.70. The van der Waals surface area contributed by atoms with E-state index in [1.54, 1.807) is 5.57 Å². The molecule has 0 aromatic heterocycles. The molecule has 2 heteroatoms. The maximum Gasteiger partial charge on any atom is 0.0738 e. The first-order valence-electron chi connectivity index (χ1n) is 7.08. The minimum Gasteiger partial charge on any atom is -0.0810 e. The lowest BCUT2D eigenvalue weighted by Gasteiger charge is -2.40. The van der Waals surface area contributed by atoms with E-state index in [0.717, 1.165) is 17.8 Å². The van der Waals surface area contributed by atoms with Crippen LogP contribution >= 0.6 is 45.2 Å². The smallest absolute Gasteiger partial charge is 0.0738 e. The summed E-state index contributed by atoms with van der Waals surface area (Å²) >= 11 is 5.39. The summed E-state index contributed by atoms with van der Waals surface area (Å²) in [4.78, 5) is 0. The number of hydrogen-bond acceptors (Lipinski definition) is 0. The lowest BCUT2D eigenvalue weighted by atomic mass is 9.70. The van der Waals surface area contributed by atoms with E-state index in [4.69, 9.17) is 0 Å². The highest BCUT2D eigenvalue weighted by Gasteiger charge is 2.55. The molecule has 0 radical (unpaired) electrons. The van der Waals surface area contributed by atoms with Crippen molar-refractivity contribution >= 4 is 45.2 Å². The van der Waals surface area contributed by atoms with E-state index >= 15 is 0 Å². The van der Waals surface area contributed by atoms with Gasteiger partial charge in [-0.1, -0.05) is 82.3 Å². The third-order valence-corrected chi connectivity index (χ3v) is 7.50. The van der Waals surface area contributed by atoms with Gasteiger partial charge in [0.25, 0.3) is 0 Å². The molecule has 3 aliphatic carbocycles. The quantitative estimate of drug-likeness (QED) is 0.307. The van der Waals surface area contributed by atoms with Crippen molar-refractivity contribution in [2.24, 2.45) is 23.2 Å². The third-order valence-electron chi connectivity index (χ3n) is 5.54. The molecule has 3 atom stereocenters. The summed E-state index contributed by atoms with van der Waals surface area (Å²) in [5.41, 5.74) is 3.68. The Labute approximate surface area is 138 Å². The van der Waals surface area contributed by atoms with Gasteiger partial charge in [0.1, 0.15) is 0 Å². The van der Waals surface area contributed by atoms with Gasteiger partial charge in [-0.05, 0) is 55.8 Å². The molecule has 100 valence electrons. The lowest BCUT2D eigenvalue weighted by molar-refractivity contribution is 0.166. The Balaban J connectivity index is 1.99. The summed E-state index contributed by atoms with van der Waals surface area (Å²) in [5.74, 6) is 2.71. The van der Waals surface area contributed by atoms with Gasteiger partial charge in [0, 0.05) is 0 Å². The molecule has 3 rings (SSSR count). The summed E-state index contributed by atoms with van der Waals surface area (Å²) in [7, 11) is 0. The molecule has 0 bridgehead atoms. The van der Waals surface area contributed by atoms with Crippen LogP contribution in [0.1, 0.15) is 46.5 Å². The molecule has 0 nitrogen and oxygen atoms in total. The van der Waals surface area contributed by atoms with Crippen molar-refractivity contribution in [3.05, 3.63) is 23.3 Å². The highest BCUT2D eigenvalue weighted by Crippen LogP contribution is 2.64. The number of halogens is 2. The second-order valence-electron chi connectivity index (χ2n) is 6.98. The Morgan fingerprint density at radius 1 is 1.28 bits per heavy atom. The van der Waals surface area contributed by atoms with Crippen LogP contribution in [0, 0.1) is 23.2 Å². The fourth-order valence-corrected chi connectivity index (χ4v) is 6.13. The molecule has 0 N–H and O–H groups in total. The van der Waals surface area contributed by atoms with Crippen LogP contribution in [0.4, 0.5) is 0 Å². The lowest BCUT2D eigenvalue weighted by Crippen LogP contribution is -2.34. The standard InChI is InChI=1S/C16H22I2/c1-10-4-5-11-12-6-7-16(17,18)9-14(12)15(2,3)13(11)8-10/h4,8,11-12,14H,5-7,9H2,1-3H3. The molecule has 0 aromatic carbocycles. The van der Waals surface area contributed by atoms with Gasteiger partial charge in [0.15, 0.2) is 0 Å². The van der Waals surface area contributed by atoms with E-state index in [1.165, 1.54) is 31.3 Å². The number of allylic oxidation sites excluding steroid dienone is 4. The molecule has 0 heterocycles. The fraction of sp³-hybridized carbons (Fsp3) is 0.750. The SMILES string of the molecule is CC1=CCC2C(=C1)C(C)(C)C1CC(I)(I)CCC21. The Hall–Kier alpha value is 0.940. The molecular formula is C16H22I2. The van der Waals surface area contributed by atoms with E-state index in [-0.39, 0.29) is 0 Å². The van der Waals surface area contributed by atoms with Gasteiger partial charge in [-0.3, -0.25) is 0 Å². The Bertz CT molecular complexity index is 428. The van der Waals surface area contributed by atoms with Gasteiger partial charge in [-0.2, -0.15) is 0 Å². The molecular weight excluding hydrogens is 446 g/mol. The number of alkyl halides is 2. The van der Waals surface area contributed by atoms with E-state index in [1.807, 2.05) is 0 Å². The average Bonchev–Trinajstić information content (AvgIpc) is 2.47. The maximum atomic E-state index is 2.70. The highest BCUT2D eigenvalue weighted by molar-refractivity contribution is 14.2. The summed E-state index contributed by atoms with van der Waals surface area (Å²) in [6.45, 7) is 7.27. The molecule has 18 heavy (non-hydrogen) atoms. The third kappa shape index (κ3) is 2.13. The molecule has 0 aliphatic heterocycles. The van der Waals surface area contributed by atoms with Crippen molar-refractivity contribution in [1.82, 2.24) is 0 Å². The average molecular weight is 468 g/mol. The minimum atomic E-state index is 0.423. The van der Waals surface area contributed by atoms with Crippen LogP contribution in [0.25, 0.3) is 0 Å². The summed E-state index contributed by atoms with van der Waals surface area (Å²) in [6, 6.07) is 0. The van der Waals surface area contributed by atoms with Crippen LogP contribution in [-0.4, -0.2) is 1.43 Å². The Morgan fingerprint density at radius 3 is 2.72 bits per heavy atom. The van der Waals surface area contributed by atoms with Crippen molar-refractivity contribution in [2.45, 2.75) is 47.9 Å². The molecule has 0 aromatic rings. The Kier molecular flexibility index (Phi) is 3.45. The molecule has 3 aliphatic rings. The van der Waals surface area contributed by atoms with Gasteiger partial charge in [-0.15, -0.1) is 0 Å². The van der Waals surface area contributed by atoms with Crippen molar-refractivity contribution in [3.63, 3.8) is 0 Å². The summed E-state index contributed by atoms with van der Waals surface area (Å²) in [6.07, 6.45) is 10.5. The first-order chi connectivity index (χ1) is 8.31. The first kappa shape index (κ1) is 13.9. The summed E-state index contributed by atoms with van der Waals surface area (Å²) in [5, 5.41) is 0. The van der Waals surface area contributed by atoms with Gasteiger partial charge in [-0.25, -0.2) is 0 Å². The normalized spacial score (nSPS) is 40.6. The monoisotopic (exact) mass is 468 g/mol. The van der Waals surface area contributed by atoms with Gasteiger partial charge >= 0.3 is 0 Å². The number of rotatable bonds is 0. The van der Waals surface area contributed by atoms with Crippen LogP contribution in [0.3, 0.4) is 0 Å². The molecule has 0 saturated heterocycles. The van der Waals surface area contributed by atoms with E-state index < -0.39 is 0 Å². The van der Waals surface area contributed by atoms with Gasteiger partial charge in [0.2, 0.25) is 0 Å².